The Balaban J connectivity index is 1.83. The van der Waals surface area contributed by atoms with E-state index in [0.29, 0.717) is 0 Å². The van der Waals surface area contributed by atoms with E-state index >= 15 is 0 Å². The second-order valence-electron chi connectivity index (χ2n) is 13.1. The smallest absolute Gasteiger partial charge is 0.141 e. The molecule has 0 fully saturated rings. The second kappa shape index (κ2) is 18.1. The van der Waals surface area contributed by atoms with Crippen molar-refractivity contribution in [1.82, 2.24) is 0 Å². The third-order valence-corrected chi connectivity index (χ3v) is 12.4. The lowest BCUT2D eigenvalue weighted by molar-refractivity contribution is 0.0186. The molecule has 3 rings (SSSR count). The Morgan fingerprint density at radius 1 is 0.700 bits per heavy atom. The standard InChI is InChI=1S/C35H56Br2OS2/c1-6-8-10-12-13-15-20-28(19-14-11-9-7-2)25-35(22-21-27(5)18-16-17-26(3)4)29-23-31(36)39-33(29)34-30(38-35)24-32(37)40-34/h23-24,26-28H,6-22,25H2,1-5H3. The molecule has 40 heavy (non-hydrogen) atoms. The van der Waals surface area contributed by atoms with E-state index in [1.165, 1.54) is 126 Å². The molecule has 0 bridgehead atoms. The molecule has 0 amide bonds. The average Bonchev–Trinajstić information content (AvgIpc) is 3.48. The minimum absolute atomic E-state index is 0.213. The van der Waals surface area contributed by atoms with Crippen LogP contribution < -0.4 is 4.74 Å². The molecule has 0 radical (unpaired) electrons. The summed E-state index contributed by atoms with van der Waals surface area (Å²) in [5, 5.41) is 0. The van der Waals surface area contributed by atoms with E-state index in [2.05, 4.69) is 78.6 Å². The summed E-state index contributed by atoms with van der Waals surface area (Å²) in [4.78, 5) is 2.76. The van der Waals surface area contributed by atoms with Crippen molar-refractivity contribution in [3.05, 3.63) is 25.3 Å². The van der Waals surface area contributed by atoms with Crippen LogP contribution in [0.1, 0.15) is 156 Å². The van der Waals surface area contributed by atoms with Crippen molar-refractivity contribution >= 4 is 54.5 Å². The molecular weight excluding hydrogens is 660 g/mol. The van der Waals surface area contributed by atoms with Crippen LogP contribution in [-0.4, -0.2) is 0 Å². The number of hydrogen-bond donors (Lipinski definition) is 0. The largest absolute Gasteiger partial charge is 0.481 e. The summed E-state index contributed by atoms with van der Waals surface area (Å²) in [6, 6.07) is 4.65. The molecule has 0 saturated carbocycles. The molecule has 0 aromatic carbocycles. The number of halogens is 2. The maximum absolute atomic E-state index is 7.26. The first kappa shape index (κ1) is 34.6. The number of unbranched alkanes of at least 4 members (excludes halogenated alkanes) is 8. The Morgan fingerprint density at radius 2 is 1.30 bits per heavy atom. The number of rotatable bonds is 21. The summed E-state index contributed by atoms with van der Waals surface area (Å²) < 4.78 is 9.67. The van der Waals surface area contributed by atoms with E-state index in [0.717, 1.165) is 36.3 Å². The third kappa shape index (κ3) is 10.7. The van der Waals surface area contributed by atoms with Gasteiger partial charge in [-0.05, 0) is 74.9 Å². The fraction of sp³-hybridized carbons (Fsp3) is 0.771. The molecule has 0 aliphatic carbocycles. The SMILES string of the molecule is CCCCCCCCC(CCCCCC)CC1(CCC(C)CCCC(C)C)Oc2cc(Br)sc2-c2sc(Br)cc21. The summed E-state index contributed by atoms with van der Waals surface area (Å²) in [6.07, 6.45) is 24.0. The minimum atomic E-state index is -0.213. The maximum Gasteiger partial charge on any atom is 0.141 e. The van der Waals surface area contributed by atoms with Crippen molar-refractivity contribution in [2.45, 2.75) is 156 Å². The van der Waals surface area contributed by atoms with E-state index in [4.69, 9.17) is 4.74 Å². The van der Waals surface area contributed by atoms with Gasteiger partial charge in [0.15, 0.2) is 0 Å². The van der Waals surface area contributed by atoms with Crippen molar-refractivity contribution in [2.75, 3.05) is 0 Å². The predicted octanol–water partition coefficient (Wildman–Crippen LogP) is 14.6. The molecule has 3 heterocycles. The fourth-order valence-corrected chi connectivity index (χ4v) is 9.88. The molecular formula is C35H56Br2OS2. The van der Waals surface area contributed by atoms with Gasteiger partial charge in [-0.3, -0.25) is 0 Å². The first-order valence-electron chi connectivity index (χ1n) is 16.6. The molecule has 228 valence electrons. The molecule has 1 aliphatic heterocycles. The zero-order valence-corrected chi connectivity index (χ0v) is 30.9. The third-order valence-electron chi connectivity index (χ3n) is 8.94. The van der Waals surface area contributed by atoms with Gasteiger partial charge in [0, 0.05) is 11.6 Å². The van der Waals surface area contributed by atoms with Crippen molar-refractivity contribution in [1.29, 1.82) is 0 Å². The fourth-order valence-electron chi connectivity index (χ4n) is 6.54. The Labute approximate surface area is 271 Å². The highest BCUT2D eigenvalue weighted by molar-refractivity contribution is 9.11. The van der Waals surface area contributed by atoms with Crippen LogP contribution in [0.4, 0.5) is 0 Å². The summed E-state index contributed by atoms with van der Waals surface area (Å²) in [7, 11) is 0. The van der Waals surface area contributed by atoms with Gasteiger partial charge in [-0.25, -0.2) is 0 Å². The molecule has 3 atom stereocenters. The molecule has 5 heteroatoms. The van der Waals surface area contributed by atoms with Crippen molar-refractivity contribution in [2.24, 2.45) is 17.8 Å². The van der Waals surface area contributed by atoms with E-state index < -0.39 is 0 Å². The van der Waals surface area contributed by atoms with Gasteiger partial charge in [-0.1, -0.05) is 131 Å². The summed E-state index contributed by atoms with van der Waals surface area (Å²) >= 11 is 11.4. The van der Waals surface area contributed by atoms with Crippen LogP contribution in [0, 0.1) is 17.8 Å². The monoisotopic (exact) mass is 714 g/mol. The van der Waals surface area contributed by atoms with Crippen LogP contribution in [0.5, 0.6) is 5.75 Å². The highest BCUT2D eigenvalue weighted by atomic mass is 79.9. The maximum atomic E-state index is 7.26. The molecule has 0 spiro atoms. The molecule has 0 N–H and O–H groups in total. The molecule has 1 nitrogen and oxygen atoms in total. The quantitative estimate of drug-likeness (QED) is 0.117. The lowest BCUT2D eigenvalue weighted by Crippen LogP contribution is -2.38. The van der Waals surface area contributed by atoms with Crippen LogP contribution >= 0.6 is 54.5 Å². The van der Waals surface area contributed by atoms with Gasteiger partial charge in [0.2, 0.25) is 0 Å². The highest BCUT2D eigenvalue weighted by Crippen LogP contribution is 2.57. The minimum Gasteiger partial charge on any atom is -0.481 e. The summed E-state index contributed by atoms with van der Waals surface area (Å²) in [5.74, 6) is 3.38. The number of ether oxygens (including phenoxy) is 1. The zero-order valence-electron chi connectivity index (χ0n) is 26.1. The molecule has 3 unspecified atom stereocenters. The van der Waals surface area contributed by atoms with Crippen molar-refractivity contribution < 1.29 is 4.74 Å². The Morgan fingerprint density at radius 3 is 1.98 bits per heavy atom. The van der Waals surface area contributed by atoms with Crippen LogP contribution in [0.25, 0.3) is 9.75 Å². The molecule has 1 aliphatic rings. The second-order valence-corrected chi connectivity index (χ2v) is 17.9. The van der Waals surface area contributed by atoms with Gasteiger partial charge < -0.3 is 4.74 Å². The normalized spacial score (nSPS) is 18.0. The van der Waals surface area contributed by atoms with Crippen LogP contribution in [0.3, 0.4) is 0 Å². The van der Waals surface area contributed by atoms with Gasteiger partial charge in [-0.15, -0.1) is 22.7 Å². The van der Waals surface area contributed by atoms with Gasteiger partial charge in [-0.2, -0.15) is 0 Å². The first-order chi connectivity index (χ1) is 19.3. The van der Waals surface area contributed by atoms with Crippen LogP contribution in [-0.2, 0) is 5.60 Å². The number of thiophene rings is 2. The van der Waals surface area contributed by atoms with Gasteiger partial charge in [0.25, 0.3) is 0 Å². The summed E-state index contributed by atoms with van der Waals surface area (Å²) in [6.45, 7) is 11.8. The zero-order chi connectivity index (χ0) is 29.0. The van der Waals surface area contributed by atoms with Gasteiger partial charge >= 0.3 is 0 Å². The molecule has 2 aromatic heterocycles. The number of hydrogen-bond acceptors (Lipinski definition) is 3. The molecule has 0 saturated heterocycles. The van der Waals surface area contributed by atoms with Crippen molar-refractivity contribution in [3.63, 3.8) is 0 Å². The van der Waals surface area contributed by atoms with E-state index in [1.54, 1.807) is 0 Å². The topological polar surface area (TPSA) is 9.23 Å². The van der Waals surface area contributed by atoms with Crippen molar-refractivity contribution in [3.8, 4) is 15.5 Å². The number of fused-ring (bicyclic) bond motifs is 3. The van der Waals surface area contributed by atoms with Crippen LogP contribution in [0.15, 0.2) is 19.7 Å². The van der Waals surface area contributed by atoms with E-state index in [1.807, 2.05) is 22.7 Å². The van der Waals surface area contributed by atoms with E-state index in [-0.39, 0.29) is 5.60 Å². The molecule has 2 aromatic rings. The Kier molecular flexibility index (Phi) is 15.7. The Bertz CT molecular complexity index is 980. The highest BCUT2D eigenvalue weighted by Gasteiger charge is 2.44. The van der Waals surface area contributed by atoms with Crippen LogP contribution in [0.2, 0.25) is 0 Å². The lowest BCUT2D eigenvalue weighted by Gasteiger charge is -2.41. The lowest BCUT2D eigenvalue weighted by atomic mass is 9.75. The predicted molar refractivity (Wildman–Crippen MR) is 187 cm³/mol. The Hall–Kier alpha value is 0.160. The van der Waals surface area contributed by atoms with Gasteiger partial charge in [0.1, 0.15) is 11.4 Å². The van der Waals surface area contributed by atoms with E-state index in [9.17, 15) is 0 Å². The van der Waals surface area contributed by atoms with Gasteiger partial charge in [0.05, 0.1) is 17.3 Å². The average molecular weight is 717 g/mol. The first-order valence-corrected chi connectivity index (χ1v) is 19.8. The summed E-state index contributed by atoms with van der Waals surface area (Å²) in [5.41, 5.74) is 1.25.